The Labute approximate surface area is 57.1 Å². The third kappa shape index (κ3) is 1.83. The van der Waals surface area contributed by atoms with Gasteiger partial charge in [-0.2, -0.15) is 0 Å². The van der Waals surface area contributed by atoms with E-state index >= 15 is 0 Å². The van der Waals surface area contributed by atoms with Gasteiger partial charge in [0, 0.05) is 6.04 Å². The van der Waals surface area contributed by atoms with Gasteiger partial charge < -0.3 is 5.32 Å². The third-order valence-corrected chi connectivity index (χ3v) is 1.94. The highest BCUT2D eigenvalue weighted by Crippen LogP contribution is 2.16. The Morgan fingerprint density at radius 1 is 1.78 bits per heavy atom. The molecule has 0 bridgehead atoms. The zero-order chi connectivity index (χ0) is 6.69. The lowest BCUT2D eigenvalue weighted by atomic mass is 10.0. The monoisotopic (exact) mass is 125 g/mol. The molecule has 2 atom stereocenters. The first-order valence-electron chi connectivity index (χ1n) is 3.67. The molecule has 1 heteroatoms. The second-order valence-electron chi connectivity index (χ2n) is 2.94. The van der Waals surface area contributed by atoms with Gasteiger partial charge in [-0.25, -0.2) is 0 Å². The van der Waals surface area contributed by atoms with Crippen molar-refractivity contribution in [2.24, 2.45) is 5.92 Å². The zero-order valence-corrected chi connectivity index (χ0v) is 6.06. The Bertz CT molecular complexity index is 98.7. The van der Waals surface area contributed by atoms with E-state index in [1.807, 2.05) is 6.08 Å². The first kappa shape index (κ1) is 6.81. The molecule has 52 valence electrons. The first-order chi connectivity index (χ1) is 4.33. The van der Waals surface area contributed by atoms with E-state index in [-0.39, 0.29) is 0 Å². The molecule has 1 nitrogen and oxygen atoms in total. The average molecular weight is 125 g/mol. The summed E-state index contributed by atoms with van der Waals surface area (Å²) in [4.78, 5) is 0. The summed E-state index contributed by atoms with van der Waals surface area (Å²) >= 11 is 0. The summed E-state index contributed by atoms with van der Waals surface area (Å²) in [6, 6.07) is 0.731. The van der Waals surface area contributed by atoms with E-state index in [0.29, 0.717) is 0 Å². The van der Waals surface area contributed by atoms with Crippen LogP contribution in [0.4, 0.5) is 0 Å². The molecular weight excluding hydrogens is 110 g/mol. The van der Waals surface area contributed by atoms with E-state index in [1.165, 1.54) is 19.4 Å². The molecule has 0 radical (unpaired) electrons. The van der Waals surface area contributed by atoms with Gasteiger partial charge in [0.2, 0.25) is 0 Å². The minimum atomic E-state index is 0.731. The molecule has 1 aliphatic heterocycles. The molecule has 1 rings (SSSR count). The van der Waals surface area contributed by atoms with Crippen LogP contribution >= 0.6 is 0 Å². The molecule has 0 spiro atoms. The van der Waals surface area contributed by atoms with Gasteiger partial charge >= 0.3 is 0 Å². The van der Waals surface area contributed by atoms with E-state index in [0.717, 1.165) is 12.0 Å². The summed E-state index contributed by atoms with van der Waals surface area (Å²) < 4.78 is 0. The van der Waals surface area contributed by atoms with Gasteiger partial charge in [-0.05, 0) is 32.2 Å². The SMILES string of the molecule is C=CC[C@@H]1CN[C@@H](C)C1. The van der Waals surface area contributed by atoms with Crippen molar-refractivity contribution >= 4 is 0 Å². The van der Waals surface area contributed by atoms with Crippen molar-refractivity contribution in [3.8, 4) is 0 Å². The fraction of sp³-hybridized carbons (Fsp3) is 0.750. The fourth-order valence-electron chi connectivity index (χ4n) is 1.45. The number of allylic oxidation sites excluding steroid dienone is 1. The quantitative estimate of drug-likeness (QED) is 0.552. The van der Waals surface area contributed by atoms with Gasteiger partial charge in [0.25, 0.3) is 0 Å². The maximum Gasteiger partial charge on any atom is 0.00420 e. The number of hydrogen-bond acceptors (Lipinski definition) is 1. The van der Waals surface area contributed by atoms with Crippen LogP contribution in [0.2, 0.25) is 0 Å². The van der Waals surface area contributed by atoms with Crippen LogP contribution in [-0.4, -0.2) is 12.6 Å². The molecule has 1 heterocycles. The molecule has 0 aromatic carbocycles. The lowest BCUT2D eigenvalue weighted by Crippen LogP contribution is -2.16. The first-order valence-corrected chi connectivity index (χ1v) is 3.67. The molecule has 0 aliphatic carbocycles. The summed E-state index contributed by atoms with van der Waals surface area (Å²) in [5.41, 5.74) is 0. The number of rotatable bonds is 2. The van der Waals surface area contributed by atoms with Gasteiger partial charge in [0.05, 0.1) is 0 Å². The van der Waals surface area contributed by atoms with Gasteiger partial charge in [-0.3, -0.25) is 0 Å². The summed E-state index contributed by atoms with van der Waals surface area (Å²) in [5.74, 6) is 0.859. The summed E-state index contributed by atoms with van der Waals surface area (Å²) in [6.45, 7) is 7.15. The molecular formula is C8H15N. The maximum absolute atomic E-state index is 3.72. The molecule has 0 unspecified atom stereocenters. The highest BCUT2D eigenvalue weighted by molar-refractivity contribution is 4.83. The maximum atomic E-state index is 3.72. The van der Waals surface area contributed by atoms with Crippen LogP contribution < -0.4 is 5.32 Å². The van der Waals surface area contributed by atoms with Crippen LogP contribution in [0.25, 0.3) is 0 Å². The van der Waals surface area contributed by atoms with Crippen molar-refractivity contribution in [3.63, 3.8) is 0 Å². The van der Waals surface area contributed by atoms with E-state index in [4.69, 9.17) is 0 Å². The average Bonchev–Trinajstić information content (AvgIpc) is 2.17. The summed E-state index contributed by atoms with van der Waals surface area (Å²) in [7, 11) is 0. The standard InChI is InChI=1S/C8H15N/c1-3-4-8-5-7(2)9-6-8/h3,7-9H,1,4-6H2,2H3/t7-,8-/m0/s1. The van der Waals surface area contributed by atoms with Crippen LogP contribution in [0.15, 0.2) is 12.7 Å². The Morgan fingerprint density at radius 3 is 3.00 bits per heavy atom. The van der Waals surface area contributed by atoms with Crippen LogP contribution in [-0.2, 0) is 0 Å². The van der Waals surface area contributed by atoms with E-state index in [9.17, 15) is 0 Å². The molecule has 0 aromatic rings. The Balaban J connectivity index is 2.21. The number of nitrogens with one attached hydrogen (secondary N) is 1. The van der Waals surface area contributed by atoms with Gasteiger partial charge in [0.15, 0.2) is 0 Å². The predicted octanol–water partition coefficient (Wildman–Crippen LogP) is 1.56. The molecule has 1 fully saturated rings. The van der Waals surface area contributed by atoms with Crippen LogP contribution in [0.5, 0.6) is 0 Å². The Kier molecular flexibility index (Phi) is 2.29. The van der Waals surface area contributed by atoms with Crippen molar-refractivity contribution in [1.29, 1.82) is 0 Å². The van der Waals surface area contributed by atoms with E-state index in [1.54, 1.807) is 0 Å². The third-order valence-electron chi connectivity index (χ3n) is 1.94. The lowest BCUT2D eigenvalue weighted by molar-refractivity contribution is 0.577. The Hall–Kier alpha value is -0.300. The fourth-order valence-corrected chi connectivity index (χ4v) is 1.45. The van der Waals surface area contributed by atoms with Crippen molar-refractivity contribution < 1.29 is 0 Å². The van der Waals surface area contributed by atoms with E-state index in [2.05, 4.69) is 18.8 Å². The summed E-state index contributed by atoms with van der Waals surface area (Å²) in [6.07, 6.45) is 4.52. The van der Waals surface area contributed by atoms with Crippen LogP contribution in [0.3, 0.4) is 0 Å². The predicted molar refractivity (Wildman–Crippen MR) is 40.4 cm³/mol. The van der Waals surface area contributed by atoms with Crippen molar-refractivity contribution in [2.45, 2.75) is 25.8 Å². The highest BCUT2D eigenvalue weighted by Gasteiger charge is 2.18. The normalized spacial score (nSPS) is 34.8. The molecule has 0 aromatic heterocycles. The molecule has 0 amide bonds. The van der Waals surface area contributed by atoms with Gasteiger partial charge in [0.1, 0.15) is 0 Å². The lowest BCUT2D eigenvalue weighted by Gasteiger charge is -2.01. The second kappa shape index (κ2) is 3.02. The van der Waals surface area contributed by atoms with Crippen LogP contribution in [0, 0.1) is 5.92 Å². The molecule has 1 N–H and O–H groups in total. The van der Waals surface area contributed by atoms with Crippen molar-refractivity contribution in [3.05, 3.63) is 12.7 Å². The topological polar surface area (TPSA) is 12.0 Å². The van der Waals surface area contributed by atoms with E-state index < -0.39 is 0 Å². The van der Waals surface area contributed by atoms with Crippen molar-refractivity contribution in [1.82, 2.24) is 5.32 Å². The largest absolute Gasteiger partial charge is 0.314 e. The molecule has 0 saturated carbocycles. The molecule has 1 saturated heterocycles. The molecule has 9 heavy (non-hydrogen) atoms. The highest BCUT2D eigenvalue weighted by atomic mass is 14.9. The minimum Gasteiger partial charge on any atom is -0.314 e. The van der Waals surface area contributed by atoms with Gasteiger partial charge in [-0.1, -0.05) is 6.08 Å². The minimum absolute atomic E-state index is 0.731. The zero-order valence-electron chi connectivity index (χ0n) is 6.06. The number of hydrogen-bond donors (Lipinski definition) is 1. The smallest absolute Gasteiger partial charge is 0.00420 e. The van der Waals surface area contributed by atoms with Crippen molar-refractivity contribution in [2.75, 3.05) is 6.54 Å². The Morgan fingerprint density at radius 2 is 2.56 bits per heavy atom. The summed E-state index contributed by atoms with van der Waals surface area (Å²) in [5, 5.41) is 3.41. The molecule has 1 aliphatic rings. The van der Waals surface area contributed by atoms with Crippen LogP contribution in [0.1, 0.15) is 19.8 Å². The second-order valence-corrected chi connectivity index (χ2v) is 2.94. The van der Waals surface area contributed by atoms with Gasteiger partial charge in [-0.15, -0.1) is 6.58 Å².